The minimum atomic E-state index is -6.30. The second-order valence-corrected chi connectivity index (χ2v) is 15.9. The summed E-state index contributed by atoms with van der Waals surface area (Å²) < 4.78 is 183. The van der Waals surface area contributed by atoms with Gasteiger partial charge in [0.15, 0.2) is 0 Å². The van der Waals surface area contributed by atoms with Crippen LogP contribution >= 0.6 is 0 Å². The van der Waals surface area contributed by atoms with Crippen molar-refractivity contribution in [2.24, 2.45) is 0 Å². The maximum atomic E-state index is 13.9. The molecule has 0 saturated heterocycles. The second kappa shape index (κ2) is 14.6. The molecule has 2 aromatic carbocycles. The normalized spacial score (nSPS) is 16.7. The highest BCUT2D eigenvalue weighted by Gasteiger charge is 2.75. The van der Waals surface area contributed by atoms with Crippen molar-refractivity contribution in [3.63, 3.8) is 0 Å². The first-order chi connectivity index (χ1) is 24.0. The minimum absolute atomic E-state index is 0.0574. The van der Waals surface area contributed by atoms with Crippen LogP contribution in [0.5, 0.6) is 0 Å². The van der Waals surface area contributed by atoms with Gasteiger partial charge >= 0.3 is 24.7 Å². The van der Waals surface area contributed by atoms with Crippen LogP contribution in [-0.4, -0.2) is 75.1 Å². The zero-order chi connectivity index (χ0) is 43.7. The van der Waals surface area contributed by atoms with Crippen molar-refractivity contribution in [2.45, 2.75) is 160 Å². The van der Waals surface area contributed by atoms with E-state index in [4.69, 9.17) is 14.2 Å². The Labute approximate surface area is 311 Å². The molecule has 0 bridgehead atoms. The van der Waals surface area contributed by atoms with Gasteiger partial charge in [0.25, 0.3) is 11.2 Å². The molecule has 0 fully saturated rings. The Balaban J connectivity index is 3.11. The van der Waals surface area contributed by atoms with Crippen molar-refractivity contribution in [2.75, 3.05) is 0 Å². The molecular formula is C37H48F12O6. The van der Waals surface area contributed by atoms with Crippen LogP contribution in [0.4, 0.5) is 52.7 Å². The van der Waals surface area contributed by atoms with E-state index in [1.165, 1.54) is 32.0 Å². The minimum Gasteiger partial charge on any atom is -0.388 e. The zero-order valence-electron chi connectivity index (χ0n) is 32.4. The third kappa shape index (κ3) is 9.24. The second-order valence-electron chi connectivity index (χ2n) is 15.9. The standard InChI is InChI=1S/C37H48F12O6/c1-18(2)24-15-22-14-23(29(8,9)54-20(4)32(51,34(38,39)40)35(41,42)43)16-26(25(22)17-27(24)31(12,13)53-19(3)28(6,7)50)30(10,11)55-21(5)33(52,36(44,45)46)37(47,48)49/h14-17,19-21,50-52H,1H2,2-13H3. The largest absolute Gasteiger partial charge is 0.428 e. The maximum Gasteiger partial charge on any atom is 0.428 e. The van der Waals surface area contributed by atoms with Crippen molar-refractivity contribution in [3.8, 4) is 0 Å². The molecule has 3 N–H and O–H groups in total. The fourth-order valence-corrected chi connectivity index (χ4v) is 6.19. The van der Waals surface area contributed by atoms with Crippen molar-refractivity contribution in [1.29, 1.82) is 0 Å². The third-order valence-corrected chi connectivity index (χ3v) is 9.86. The van der Waals surface area contributed by atoms with Crippen LogP contribution in [0.25, 0.3) is 16.3 Å². The molecule has 0 aromatic heterocycles. The van der Waals surface area contributed by atoms with Crippen molar-refractivity contribution < 1.29 is 82.2 Å². The molecule has 2 rings (SSSR count). The molecule has 18 heteroatoms. The number of allylic oxidation sites excluding steroid dienone is 1. The fraction of sp³-hybridized carbons (Fsp3) is 0.676. The number of aliphatic hydroxyl groups is 3. The van der Waals surface area contributed by atoms with E-state index in [1.807, 2.05) is 0 Å². The molecule has 2 aromatic rings. The highest BCUT2D eigenvalue weighted by atomic mass is 19.4. The molecule has 0 aliphatic heterocycles. The molecule has 0 heterocycles. The molecule has 0 aliphatic rings. The number of halogens is 12. The van der Waals surface area contributed by atoms with Gasteiger partial charge in [-0.3, -0.25) is 0 Å². The zero-order valence-corrected chi connectivity index (χ0v) is 32.4. The smallest absolute Gasteiger partial charge is 0.388 e. The highest BCUT2D eigenvalue weighted by molar-refractivity contribution is 5.91. The maximum absolute atomic E-state index is 13.9. The van der Waals surface area contributed by atoms with Crippen LogP contribution in [-0.2, 0) is 31.0 Å². The van der Waals surface area contributed by atoms with Crippen molar-refractivity contribution in [3.05, 3.63) is 53.1 Å². The molecule has 3 unspecified atom stereocenters. The molecular weight excluding hydrogens is 768 g/mol. The molecule has 0 aliphatic carbocycles. The Kier molecular flexibility index (Phi) is 12.9. The molecule has 316 valence electrons. The van der Waals surface area contributed by atoms with Crippen LogP contribution in [0.15, 0.2) is 30.8 Å². The number of rotatable bonds is 13. The van der Waals surface area contributed by atoms with Crippen LogP contribution < -0.4 is 0 Å². The summed E-state index contributed by atoms with van der Waals surface area (Å²) in [5, 5.41) is 30.8. The van der Waals surface area contributed by atoms with Crippen LogP contribution in [0.1, 0.15) is 105 Å². The van der Waals surface area contributed by atoms with Gasteiger partial charge in [0.2, 0.25) is 0 Å². The first-order valence-corrected chi connectivity index (χ1v) is 16.8. The van der Waals surface area contributed by atoms with E-state index >= 15 is 0 Å². The van der Waals surface area contributed by atoms with Gasteiger partial charge in [0.05, 0.1) is 28.5 Å². The van der Waals surface area contributed by atoms with Crippen LogP contribution in [0.3, 0.4) is 0 Å². The molecule has 55 heavy (non-hydrogen) atoms. The number of hydrogen-bond acceptors (Lipinski definition) is 6. The average Bonchev–Trinajstić information content (AvgIpc) is 2.95. The van der Waals surface area contributed by atoms with E-state index in [2.05, 4.69) is 6.58 Å². The lowest BCUT2D eigenvalue weighted by Crippen LogP contribution is -2.65. The summed E-state index contributed by atoms with van der Waals surface area (Å²) in [6, 6.07) is 5.23. The van der Waals surface area contributed by atoms with Gasteiger partial charge in [-0.25, -0.2) is 0 Å². The van der Waals surface area contributed by atoms with Gasteiger partial charge in [0.1, 0.15) is 12.2 Å². The predicted octanol–water partition coefficient (Wildman–Crippen LogP) is 10.3. The Morgan fingerprint density at radius 2 is 0.873 bits per heavy atom. The predicted molar refractivity (Wildman–Crippen MR) is 180 cm³/mol. The fourth-order valence-electron chi connectivity index (χ4n) is 6.19. The van der Waals surface area contributed by atoms with Crippen molar-refractivity contribution in [1.82, 2.24) is 0 Å². The molecule has 0 amide bonds. The Hall–Kier alpha value is -2.64. The number of hydrogen-bond donors (Lipinski definition) is 3. The Morgan fingerprint density at radius 1 is 0.527 bits per heavy atom. The summed E-state index contributed by atoms with van der Waals surface area (Å²) in [5.41, 5.74) is -17.3. The van der Waals surface area contributed by atoms with Gasteiger partial charge in [-0.05, 0) is 140 Å². The number of fused-ring (bicyclic) bond motifs is 1. The highest BCUT2D eigenvalue weighted by Crippen LogP contribution is 2.51. The Bertz CT molecular complexity index is 1690. The first-order valence-electron chi connectivity index (χ1n) is 16.8. The molecule has 0 radical (unpaired) electrons. The van der Waals surface area contributed by atoms with Gasteiger partial charge in [-0.15, -0.1) is 0 Å². The van der Waals surface area contributed by atoms with E-state index in [-0.39, 0.29) is 21.9 Å². The number of benzene rings is 2. The average molecular weight is 817 g/mol. The quantitative estimate of drug-likeness (QED) is 0.175. The van der Waals surface area contributed by atoms with Crippen molar-refractivity contribution >= 4 is 16.3 Å². The van der Waals surface area contributed by atoms with Crippen LogP contribution in [0, 0.1) is 0 Å². The lowest BCUT2D eigenvalue weighted by Gasteiger charge is -2.42. The van der Waals surface area contributed by atoms with E-state index in [9.17, 15) is 68.0 Å². The summed E-state index contributed by atoms with van der Waals surface area (Å²) in [7, 11) is 0. The molecule has 0 saturated carbocycles. The van der Waals surface area contributed by atoms with E-state index < -0.39 is 76.6 Å². The molecule has 3 atom stereocenters. The first kappa shape index (κ1) is 48.5. The number of alkyl halides is 12. The monoisotopic (exact) mass is 816 g/mol. The summed E-state index contributed by atoms with van der Waals surface area (Å²) in [6.45, 7) is 18.1. The van der Waals surface area contributed by atoms with Gasteiger partial charge in [-0.1, -0.05) is 12.2 Å². The van der Waals surface area contributed by atoms with E-state index in [0.717, 1.165) is 33.8 Å². The van der Waals surface area contributed by atoms with Gasteiger partial charge in [-0.2, -0.15) is 52.7 Å². The SMILES string of the molecule is C=C(C)c1cc2cc(C(C)(C)OC(C)C(O)(C(F)(F)F)C(F)(F)F)cc(C(C)(C)OC(C)C(O)(C(F)(F)F)C(F)(F)F)c2cc1C(C)(C)OC(C)C(C)(C)O. The van der Waals surface area contributed by atoms with Gasteiger partial charge < -0.3 is 29.5 Å². The molecule has 0 spiro atoms. The lowest BCUT2D eigenvalue weighted by atomic mass is 9.81. The molecule has 6 nitrogen and oxygen atoms in total. The Morgan fingerprint density at radius 3 is 1.22 bits per heavy atom. The topological polar surface area (TPSA) is 88.4 Å². The van der Waals surface area contributed by atoms with E-state index in [1.54, 1.807) is 27.7 Å². The van der Waals surface area contributed by atoms with Gasteiger partial charge in [0, 0.05) is 0 Å². The third-order valence-electron chi connectivity index (χ3n) is 9.86. The van der Waals surface area contributed by atoms with Crippen LogP contribution in [0.2, 0.25) is 0 Å². The summed E-state index contributed by atoms with van der Waals surface area (Å²) in [4.78, 5) is 0. The summed E-state index contributed by atoms with van der Waals surface area (Å²) >= 11 is 0. The summed E-state index contributed by atoms with van der Waals surface area (Å²) in [5.74, 6) is 0. The lowest BCUT2D eigenvalue weighted by molar-refractivity contribution is -0.399. The summed E-state index contributed by atoms with van der Waals surface area (Å²) in [6.07, 6.45) is -32.1. The number of ether oxygens (including phenoxy) is 3. The van der Waals surface area contributed by atoms with E-state index in [0.29, 0.717) is 30.5 Å².